The van der Waals surface area contributed by atoms with Crippen molar-refractivity contribution in [3.63, 3.8) is 0 Å². The van der Waals surface area contributed by atoms with E-state index < -0.39 is 0 Å². The molecule has 0 rings (SSSR count). The zero-order valence-corrected chi connectivity index (χ0v) is 8.19. The van der Waals surface area contributed by atoms with E-state index in [0.717, 1.165) is 0 Å². The van der Waals surface area contributed by atoms with E-state index in [2.05, 4.69) is 5.32 Å². The molecule has 0 aromatic rings. The van der Waals surface area contributed by atoms with Crippen molar-refractivity contribution in [2.24, 2.45) is 0 Å². The van der Waals surface area contributed by atoms with Gasteiger partial charge in [0, 0.05) is 5.91 Å². The van der Waals surface area contributed by atoms with Crippen molar-refractivity contribution in [3.8, 4) is 0 Å². The van der Waals surface area contributed by atoms with Crippen molar-refractivity contribution in [1.82, 2.24) is 0 Å². The van der Waals surface area contributed by atoms with Crippen molar-refractivity contribution in [1.29, 1.82) is 0 Å². The Morgan fingerprint density at radius 1 is 1.71 bits per heavy atom. The maximum Gasteiger partial charge on any atom is 1.00 e. The molecule has 0 saturated heterocycles. The molecule has 0 fully saturated rings. The number of carbonyl (C=O) groups excluding carboxylic acids is 1. The van der Waals surface area contributed by atoms with Gasteiger partial charge in [0.15, 0.2) is 0 Å². The second-order valence-corrected chi connectivity index (χ2v) is 0.993. The van der Waals surface area contributed by atoms with Gasteiger partial charge in [-0.1, -0.05) is 6.92 Å². The van der Waals surface area contributed by atoms with Gasteiger partial charge in [0.25, 0.3) is 0 Å². The maximum absolute atomic E-state index is 9.88. The topological polar surface area (TPSA) is 31.2 Å². The third-order valence-electron chi connectivity index (χ3n) is 0.381. The van der Waals surface area contributed by atoms with Crippen molar-refractivity contribution in [2.45, 2.75) is 13.8 Å². The van der Waals surface area contributed by atoms with Crippen LogP contribution in [0.25, 0.3) is 5.32 Å². The van der Waals surface area contributed by atoms with Gasteiger partial charge >= 0.3 is 51.4 Å². The molecule has 36 valence electrons. The first-order valence-corrected chi connectivity index (χ1v) is 1.95. The molecular formula is C4H8KNO. The quantitative estimate of drug-likeness (QED) is 0.370. The molecule has 0 bridgehead atoms. The Balaban J connectivity index is 0. The number of amides is 1. The van der Waals surface area contributed by atoms with Crippen LogP contribution in [0, 0.1) is 0 Å². The fraction of sp³-hybridized carbons (Fsp3) is 0.750. The number of hydrogen-bond acceptors (Lipinski definition) is 1. The summed E-state index contributed by atoms with van der Waals surface area (Å²) in [6.07, 6.45) is 0. The van der Waals surface area contributed by atoms with Gasteiger partial charge in [-0.3, -0.25) is 0 Å². The average molecular weight is 125 g/mol. The molecule has 0 N–H and O–H groups in total. The van der Waals surface area contributed by atoms with Gasteiger partial charge < -0.3 is 10.1 Å². The summed E-state index contributed by atoms with van der Waals surface area (Å²) in [4.78, 5) is 9.88. The summed E-state index contributed by atoms with van der Waals surface area (Å²) in [5, 5.41) is 3.49. The van der Waals surface area contributed by atoms with Crippen LogP contribution in [0.2, 0.25) is 0 Å². The molecule has 0 spiro atoms. The van der Waals surface area contributed by atoms with Gasteiger partial charge in [-0.15, -0.1) is 6.54 Å². The molecule has 0 aliphatic heterocycles. The first-order chi connectivity index (χ1) is 2.77. The van der Waals surface area contributed by atoms with E-state index in [1.54, 1.807) is 0 Å². The zero-order chi connectivity index (χ0) is 4.99. The van der Waals surface area contributed by atoms with Crippen LogP contribution in [0.5, 0.6) is 0 Å². The second-order valence-electron chi connectivity index (χ2n) is 0.993. The predicted molar refractivity (Wildman–Crippen MR) is 24.6 cm³/mol. The standard InChI is InChI=1S/C4H9NO.K/c1-3-5-4(2)6;/h3H2,1-2H3,(H,5,6);/q;+1/p-1. The Bertz CT molecular complexity index is 55.7. The molecule has 2 nitrogen and oxygen atoms in total. The summed E-state index contributed by atoms with van der Waals surface area (Å²) in [6, 6.07) is 0. The molecule has 0 aromatic heterocycles. The monoisotopic (exact) mass is 125 g/mol. The van der Waals surface area contributed by atoms with E-state index >= 15 is 0 Å². The van der Waals surface area contributed by atoms with Crippen molar-refractivity contribution in [3.05, 3.63) is 5.32 Å². The minimum Gasteiger partial charge on any atom is -0.654 e. The van der Waals surface area contributed by atoms with Gasteiger partial charge in [0.05, 0.1) is 0 Å². The van der Waals surface area contributed by atoms with Crippen LogP contribution in [0.15, 0.2) is 0 Å². The fourth-order valence-electron chi connectivity index (χ4n) is 0.223. The van der Waals surface area contributed by atoms with Crippen molar-refractivity contribution < 1.29 is 56.2 Å². The van der Waals surface area contributed by atoms with Crippen LogP contribution >= 0.6 is 0 Å². The first-order valence-electron chi connectivity index (χ1n) is 1.95. The first kappa shape index (κ1) is 11.0. The van der Waals surface area contributed by atoms with Gasteiger partial charge in [0.1, 0.15) is 0 Å². The molecular weight excluding hydrogens is 117 g/mol. The van der Waals surface area contributed by atoms with Crippen molar-refractivity contribution in [2.75, 3.05) is 6.54 Å². The molecule has 0 atom stereocenters. The summed E-state index contributed by atoms with van der Waals surface area (Å²) in [5.74, 6) is -0.0856. The van der Waals surface area contributed by atoms with E-state index in [-0.39, 0.29) is 57.3 Å². The number of hydrogen-bond donors (Lipinski definition) is 0. The summed E-state index contributed by atoms with van der Waals surface area (Å²) in [7, 11) is 0. The zero-order valence-electron chi connectivity index (χ0n) is 5.06. The Morgan fingerprint density at radius 2 is 2.14 bits per heavy atom. The Labute approximate surface area is 86.5 Å². The molecule has 0 unspecified atom stereocenters. The molecule has 0 aromatic carbocycles. The Hall–Kier alpha value is 1.11. The molecule has 1 amide bonds. The fourth-order valence-corrected chi connectivity index (χ4v) is 0.223. The predicted octanol–water partition coefficient (Wildman–Crippen LogP) is -2.07. The molecule has 0 aliphatic rings. The van der Waals surface area contributed by atoms with Crippen LogP contribution in [0.1, 0.15) is 13.8 Å². The van der Waals surface area contributed by atoms with Crippen LogP contribution in [0.4, 0.5) is 0 Å². The number of carbonyl (C=O) groups is 1. The number of rotatable bonds is 1. The average Bonchev–Trinajstić information content (AvgIpc) is 1.35. The second kappa shape index (κ2) is 7.11. The third-order valence-corrected chi connectivity index (χ3v) is 0.381. The molecule has 0 aliphatic carbocycles. The molecule has 0 radical (unpaired) electrons. The smallest absolute Gasteiger partial charge is 0.654 e. The van der Waals surface area contributed by atoms with Gasteiger partial charge in [-0.25, -0.2) is 0 Å². The molecule has 7 heavy (non-hydrogen) atoms. The SMILES string of the molecule is CC[N-]C(C)=O.[K+]. The maximum atomic E-state index is 9.88. The van der Waals surface area contributed by atoms with E-state index in [9.17, 15) is 4.79 Å². The molecule has 3 heteroatoms. The molecule has 0 heterocycles. The normalized spacial score (nSPS) is 6.57. The van der Waals surface area contributed by atoms with E-state index in [1.165, 1.54) is 6.92 Å². The van der Waals surface area contributed by atoms with E-state index in [4.69, 9.17) is 0 Å². The van der Waals surface area contributed by atoms with Gasteiger partial charge in [-0.05, 0) is 6.92 Å². The largest absolute Gasteiger partial charge is 1.00 e. The summed E-state index contributed by atoms with van der Waals surface area (Å²) in [5.41, 5.74) is 0. The van der Waals surface area contributed by atoms with Gasteiger partial charge in [-0.2, -0.15) is 0 Å². The third kappa shape index (κ3) is 11.0. The Morgan fingerprint density at radius 3 is 2.14 bits per heavy atom. The van der Waals surface area contributed by atoms with E-state index in [0.29, 0.717) is 6.54 Å². The Kier molecular flexibility index (Phi) is 11.1. The number of nitrogens with zero attached hydrogens (tertiary/aromatic N) is 1. The minimum atomic E-state index is -0.0856. The van der Waals surface area contributed by atoms with Crippen LogP contribution < -0.4 is 51.4 Å². The summed E-state index contributed by atoms with van der Waals surface area (Å²) < 4.78 is 0. The van der Waals surface area contributed by atoms with Crippen LogP contribution in [0.3, 0.4) is 0 Å². The van der Waals surface area contributed by atoms with Crippen LogP contribution in [-0.2, 0) is 4.79 Å². The van der Waals surface area contributed by atoms with Crippen molar-refractivity contribution >= 4 is 5.91 Å². The van der Waals surface area contributed by atoms with Crippen LogP contribution in [-0.4, -0.2) is 12.5 Å². The summed E-state index contributed by atoms with van der Waals surface area (Å²) in [6.45, 7) is 3.89. The summed E-state index contributed by atoms with van der Waals surface area (Å²) >= 11 is 0. The molecule has 0 saturated carbocycles. The van der Waals surface area contributed by atoms with E-state index in [1.807, 2.05) is 6.92 Å². The van der Waals surface area contributed by atoms with Gasteiger partial charge in [0.2, 0.25) is 0 Å². The minimum absolute atomic E-state index is 0.